The highest BCUT2D eigenvalue weighted by molar-refractivity contribution is 9.11. The average molecular weight is 1020 g/mol. The van der Waals surface area contributed by atoms with E-state index in [-0.39, 0.29) is 16.2 Å². The zero-order valence-electron chi connectivity index (χ0n) is 40.6. The first kappa shape index (κ1) is 46.7. The molecular formula is C61H64BrNS4. The Morgan fingerprint density at radius 3 is 1.37 bits per heavy atom. The van der Waals surface area contributed by atoms with Gasteiger partial charge in [0.05, 0.1) is 14.8 Å². The Bertz CT molecular complexity index is 3140. The normalized spacial score (nSPS) is 13.6. The van der Waals surface area contributed by atoms with Crippen molar-refractivity contribution in [2.75, 3.05) is 0 Å². The molecule has 0 N–H and O–H groups in total. The second-order valence-corrected chi connectivity index (χ2v) is 26.8. The fourth-order valence-corrected chi connectivity index (χ4v) is 15.3. The summed E-state index contributed by atoms with van der Waals surface area (Å²) in [6, 6.07) is 47.9. The molecule has 4 aromatic carbocycles. The summed E-state index contributed by atoms with van der Waals surface area (Å²) in [5, 5.41) is 2.70. The van der Waals surface area contributed by atoms with E-state index in [1.165, 1.54) is 157 Å². The summed E-state index contributed by atoms with van der Waals surface area (Å²) in [6.45, 7) is 18.7. The zero-order chi connectivity index (χ0) is 46.7. The molecule has 0 saturated carbocycles. The largest absolute Gasteiger partial charge is 0.309 e. The van der Waals surface area contributed by atoms with E-state index in [9.17, 15) is 0 Å². The number of thiophene rings is 4. The smallest absolute Gasteiger partial charge is 0.0705 e. The topological polar surface area (TPSA) is 4.93 Å². The van der Waals surface area contributed by atoms with Crippen LogP contribution in [0.15, 0.2) is 125 Å². The van der Waals surface area contributed by atoms with Crippen LogP contribution < -0.4 is 0 Å². The molecule has 0 saturated heterocycles. The second kappa shape index (κ2) is 18.7. The summed E-state index contributed by atoms with van der Waals surface area (Å²) in [7, 11) is 0. The van der Waals surface area contributed by atoms with Gasteiger partial charge in [-0.3, -0.25) is 0 Å². The van der Waals surface area contributed by atoms with Crippen LogP contribution in [0.1, 0.15) is 142 Å². The average Bonchev–Trinajstić information content (AvgIpc) is 4.18. The van der Waals surface area contributed by atoms with Gasteiger partial charge in [0.1, 0.15) is 0 Å². The molecule has 0 fully saturated rings. The highest BCUT2D eigenvalue weighted by Gasteiger charge is 2.43. The summed E-state index contributed by atoms with van der Waals surface area (Å²) < 4.78 is 3.76. The van der Waals surface area contributed by atoms with Crippen LogP contribution in [0.25, 0.3) is 78.3 Å². The maximum atomic E-state index is 3.65. The van der Waals surface area contributed by atoms with E-state index >= 15 is 0 Å². The number of benzene rings is 4. The monoisotopic (exact) mass is 1020 g/mol. The summed E-state index contributed by atoms with van der Waals surface area (Å²) in [4.78, 5) is 9.37. The van der Waals surface area contributed by atoms with Crippen LogP contribution >= 0.6 is 61.3 Å². The standard InChI is InChI=1S/C61H64BrNS4/c1-9-11-13-15-33-61(34-16-14-12-10-2)47-35-39(51-25-26-52(64-51)53-27-28-54(65-53)55-29-30-56(66-55)57-31-32-58(62)67-57)17-21-43(47)44-22-20-42(38-48(44)61)63-49-23-18-40(59(3,4)5)36-45(49)46-37-41(60(6,7)8)19-24-50(46)63/h17-32,35-38H,9-16,33-34H2,1-8H3. The molecule has 0 atom stereocenters. The van der Waals surface area contributed by atoms with Crippen molar-refractivity contribution >= 4 is 83.1 Å². The highest BCUT2D eigenvalue weighted by Crippen LogP contribution is 2.56. The SMILES string of the molecule is CCCCCCC1(CCCCCC)c2cc(-c3ccc(-c4ccc(-c5ccc(-c6ccc(Br)s6)s5)s4)s3)ccc2-c2ccc(-n3c4ccc(C(C)(C)C)cc4c4cc(C(C)(C)C)ccc43)cc21. The van der Waals surface area contributed by atoms with E-state index in [1.54, 1.807) is 22.5 Å². The van der Waals surface area contributed by atoms with E-state index in [0.29, 0.717) is 0 Å². The van der Waals surface area contributed by atoms with Crippen molar-refractivity contribution in [2.24, 2.45) is 0 Å². The Balaban J connectivity index is 1.06. The number of unbranched alkanes of at least 4 members (excludes halogenated alkanes) is 6. The lowest BCUT2D eigenvalue weighted by Gasteiger charge is -2.33. The predicted molar refractivity (Wildman–Crippen MR) is 303 cm³/mol. The minimum absolute atomic E-state index is 0.0444. The third-order valence-corrected chi connectivity index (χ3v) is 19.9. The third kappa shape index (κ3) is 8.93. The molecule has 1 aliphatic carbocycles. The van der Waals surface area contributed by atoms with Crippen LogP contribution in [-0.4, -0.2) is 4.57 Å². The maximum Gasteiger partial charge on any atom is 0.0705 e. The number of halogens is 1. The van der Waals surface area contributed by atoms with Crippen LogP contribution in [0, 0.1) is 0 Å². The van der Waals surface area contributed by atoms with Gasteiger partial charge in [-0.05, 0) is 170 Å². The van der Waals surface area contributed by atoms with Crippen molar-refractivity contribution in [3.8, 4) is 56.5 Å². The first-order chi connectivity index (χ1) is 32.3. The highest BCUT2D eigenvalue weighted by atomic mass is 79.9. The molecule has 5 heterocycles. The van der Waals surface area contributed by atoms with Crippen LogP contribution in [-0.2, 0) is 16.2 Å². The van der Waals surface area contributed by atoms with Crippen molar-refractivity contribution in [3.05, 3.63) is 147 Å². The van der Waals surface area contributed by atoms with Crippen molar-refractivity contribution in [1.82, 2.24) is 4.57 Å². The zero-order valence-corrected chi connectivity index (χ0v) is 45.4. The van der Waals surface area contributed by atoms with Gasteiger partial charge in [0.15, 0.2) is 0 Å². The van der Waals surface area contributed by atoms with Gasteiger partial charge in [-0.2, -0.15) is 0 Å². The van der Waals surface area contributed by atoms with Crippen molar-refractivity contribution < 1.29 is 0 Å². The van der Waals surface area contributed by atoms with Gasteiger partial charge in [-0.1, -0.05) is 137 Å². The summed E-state index contributed by atoms with van der Waals surface area (Å²) in [6.07, 6.45) is 12.5. The number of aromatic nitrogens is 1. The molecule has 0 unspecified atom stereocenters. The van der Waals surface area contributed by atoms with Gasteiger partial charge in [0.25, 0.3) is 0 Å². The van der Waals surface area contributed by atoms with Gasteiger partial charge in [0, 0.05) is 56.0 Å². The van der Waals surface area contributed by atoms with Crippen LogP contribution in [0.3, 0.4) is 0 Å². The van der Waals surface area contributed by atoms with E-state index in [2.05, 4.69) is 197 Å². The van der Waals surface area contributed by atoms with Crippen molar-refractivity contribution in [1.29, 1.82) is 0 Å². The summed E-state index contributed by atoms with van der Waals surface area (Å²) in [5.74, 6) is 0. The van der Waals surface area contributed by atoms with E-state index in [0.717, 1.165) is 0 Å². The van der Waals surface area contributed by atoms with Gasteiger partial charge >= 0.3 is 0 Å². The molecule has 1 nitrogen and oxygen atoms in total. The van der Waals surface area contributed by atoms with Crippen molar-refractivity contribution in [3.63, 3.8) is 0 Å². The minimum Gasteiger partial charge on any atom is -0.309 e. The lowest BCUT2D eigenvalue weighted by atomic mass is 9.70. The third-order valence-electron chi connectivity index (χ3n) is 14.4. The minimum atomic E-state index is -0.0444. The second-order valence-electron chi connectivity index (χ2n) is 21.1. The molecule has 0 aliphatic heterocycles. The van der Waals surface area contributed by atoms with Crippen molar-refractivity contribution in [2.45, 2.75) is 136 Å². The van der Waals surface area contributed by atoms with Gasteiger partial charge in [-0.15, -0.1) is 45.3 Å². The molecule has 6 heteroatoms. The van der Waals surface area contributed by atoms with Crippen LogP contribution in [0.4, 0.5) is 0 Å². The molecule has 10 rings (SSSR count). The van der Waals surface area contributed by atoms with Crippen LogP contribution in [0.5, 0.6) is 0 Å². The number of nitrogens with zero attached hydrogens (tertiary/aromatic N) is 1. The molecule has 0 spiro atoms. The summed E-state index contributed by atoms with van der Waals surface area (Å²) in [5.41, 5.74) is 14.0. The Kier molecular flexibility index (Phi) is 13.0. The molecule has 0 amide bonds. The van der Waals surface area contributed by atoms with E-state index < -0.39 is 0 Å². The fourth-order valence-electron chi connectivity index (χ4n) is 10.7. The molecule has 0 bridgehead atoms. The molecule has 0 radical (unpaired) electrons. The Morgan fingerprint density at radius 2 is 0.896 bits per heavy atom. The maximum absolute atomic E-state index is 3.65. The first-order valence-electron chi connectivity index (χ1n) is 24.7. The Hall–Kier alpha value is -4.04. The lowest BCUT2D eigenvalue weighted by Crippen LogP contribution is -2.26. The summed E-state index contributed by atoms with van der Waals surface area (Å²) >= 11 is 11.2. The quantitative estimate of drug-likeness (QED) is 0.0902. The Labute approximate surface area is 424 Å². The van der Waals surface area contributed by atoms with Gasteiger partial charge < -0.3 is 4.57 Å². The lowest BCUT2D eigenvalue weighted by molar-refractivity contribution is 0.401. The predicted octanol–water partition coefficient (Wildman–Crippen LogP) is 21.3. The number of rotatable bonds is 15. The number of fused-ring (bicyclic) bond motifs is 6. The van der Waals surface area contributed by atoms with Gasteiger partial charge in [-0.25, -0.2) is 0 Å². The van der Waals surface area contributed by atoms with E-state index in [4.69, 9.17) is 0 Å². The van der Waals surface area contributed by atoms with Crippen LogP contribution in [0.2, 0.25) is 0 Å². The molecule has 1 aliphatic rings. The molecular weight excluding hydrogens is 955 g/mol. The van der Waals surface area contributed by atoms with Gasteiger partial charge in [0.2, 0.25) is 0 Å². The fraction of sp³-hybridized carbons (Fsp3) is 0.344. The van der Waals surface area contributed by atoms with E-state index in [1.807, 2.05) is 34.0 Å². The molecule has 344 valence electrons. The Morgan fingerprint density at radius 1 is 0.448 bits per heavy atom. The first-order valence-corrected chi connectivity index (χ1v) is 28.8. The molecule has 5 aromatic heterocycles. The molecule has 67 heavy (non-hydrogen) atoms. The molecule has 9 aromatic rings. The number of hydrogen-bond donors (Lipinski definition) is 0. The number of hydrogen-bond acceptors (Lipinski definition) is 4.